The number of hydrogen-bond acceptors (Lipinski definition) is 23. The van der Waals surface area contributed by atoms with Gasteiger partial charge in [-0.3, -0.25) is 48.1 Å². The van der Waals surface area contributed by atoms with Crippen LogP contribution in [0.5, 0.6) is 0 Å². The summed E-state index contributed by atoms with van der Waals surface area (Å²) >= 11 is 0. The van der Waals surface area contributed by atoms with E-state index in [1.54, 1.807) is 0 Å². The minimum atomic E-state index is -2.58. The maximum absolute atomic E-state index is 13.8. The Hall–Kier alpha value is -7.85. The molecule has 3 aromatic rings. The number of amides is 5. The van der Waals surface area contributed by atoms with Crippen LogP contribution in [0.2, 0.25) is 0 Å². The van der Waals surface area contributed by atoms with Crippen molar-refractivity contribution in [3.05, 3.63) is 52.1 Å². The summed E-state index contributed by atoms with van der Waals surface area (Å²) in [5.41, 5.74) is 5.60. The number of Topliss-reactive ketones (excluding diaryl/α,β-unsaturated/α-hetero) is 1. The Bertz CT molecular complexity index is 2550. The molecule has 20 N–H and O–H groups in total. The summed E-state index contributed by atoms with van der Waals surface area (Å²) in [6.45, 7) is -1.45. The van der Waals surface area contributed by atoms with Gasteiger partial charge in [0.25, 0.3) is 11.5 Å². The summed E-state index contributed by atoms with van der Waals surface area (Å²) in [7, 11) is 0. The van der Waals surface area contributed by atoms with Crippen molar-refractivity contribution in [1.82, 2.24) is 46.5 Å². The van der Waals surface area contributed by atoms with Crippen molar-refractivity contribution in [2.24, 2.45) is 0 Å². The average Bonchev–Trinajstić information content (AvgIpc) is 3.35. The first-order valence-corrected chi connectivity index (χ1v) is 22.1. The van der Waals surface area contributed by atoms with Crippen LogP contribution in [0.25, 0.3) is 11.2 Å². The number of nitrogens with zero attached hydrogens (tertiary/aromatic N) is 3. The predicted molar refractivity (Wildman–Crippen MR) is 247 cm³/mol. The zero-order chi connectivity index (χ0) is 55.6. The molecule has 3 rings (SSSR count). The first-order chi connectivity index (χ1) is 34.8. The molecule has 0 unspecified atom stereocenters. The molecular weight excluding hydrogens is 995 g/mol. The van der Waals surface area contributed by atoms with E-state index < -0.39 is 177 Å². The Morgan fingerprint density at radius 2 is 1.15 bits per heavy atom. The van der Waals surface area contributed by atoms with Crippen LogP contribution in [0, 0.1) is 0 Å². The summed E-state index contributed by atoms with van der Waals surface area (Å²) in [6.07, 6.45) is -17.7. The molecule has 0 radical (unpaired) electrons. The third-order valence-electron chi connectivity index (χ3n) is 10.8. The number of H-pyrrole nitrogens is 1. The molecule has 0 aliphatic rings. The van der Waals surface area contributed by atoms with Crippen LogP contribution >= 0.6 is 0 Å². The number of carbonyl (C=O) groups excluding carboxylic acids is 6. The molecule has 0 aliphatic carbocycles. The molecular formula is C42H57N11O21. The summed E-state index contributed by atoms with van der Waals surface area (Å²) < 4.78 is 0. The number of aromatic amines is 1. The Balaban J connectivity index is 1.80. The lowest BCUT2D eigenvalue weighted by molar-refractivity contribution is -0.144. The van der Waals surface area contributed by atoms with E-state index in [9.17, 15) is 99.0 Å². The molecule has 1 aromatic carbocycles. The second-order valence-corrected chi connectivity index (χ2v) is 16.4. The lowest BCUT2D eigenvalue weighted by Gasteiger charge is -2.32. The normalized spacial score (nSPS) is 15.7. The Kier molecular flexibility index (Phi) is 23.2. The molecule has 406 valence electrons. The van der Waals surface area contributed by atoms with Crippen LogP contribution in [0.15, 0.2) is 35.3 Å². The van der Waals surface area contributed by atoms with Crippen LogP contribution in [-0.2, 0) is 44.9 Å². The van der Waals surface area contributed by atoms with E-state index in [1.165, 1.54) is 30.5 Å². The van der Waals surface area contributed by atoms with Crippen molar-refractivity contribution in [1.29, 1.82) is 0 Å². The summed E-state index contributed by atoms with van der Waals surface area (Å²) in [5.74, 6) is -12.5. The largest absolute Gasteiger partial charge is 0.481 e. The highest BCUT2D eigenvalue weighted by Crippen LogP contribution is 2.15. The molecule has 11 atom stereocenters. The fraction of sp³-hybridized carbons (Fsp3) is 0.500. The van der Waals surface area contributed by atoms with Gasteiger partial charge in [-0.05, 0) is 50.5 Å². The lowest BCUT2D eigenvalue weighted by Crippen LogP contribution is -2.64. The average molecular weight is 1050 g/mol. The lowest BCUT2D eigenvalue weighted by atomic mass is 9.97. The standard InChI is InChI=1S/C42H57N11O21/c1-16(56)20(7-10-26(60)61)47-39(71)29(34(67)32(65)24(58)15-55)51-37(69)21(8-11-27(62)63)48-38(70)28(33(66)31(64)23(57)14-54)50-25(59)9-6-22(41(73)74)49-36(68)17-2-4-18(5-3-17)44-12-19-13-45-35-30(46-19)40(72)53-42(43)52-35/h2-5,13,20-24,28-29,31-34,44,54-55,57-58,64-67H,6-12,14-15H2,1H3,(H,47,71)(H,48,70)(H,49,68)(H,50,59)(H,51,69)(H,60,61)(H,62,63)(H,73,74)(H3,43,45,52,53,72)/t20-,21-,22-,23+,24+,28+,29+,31+,32+,33+,34+/m0/s1. The molecule has 74 heavy (non-hydrogen) atoms. The number of nitrogen functional groups attached to an aromatic ring is 1. The molecule has 5 amide bonds. The third-order valence-corrected chi connectivity index (χ3v) is 10.8. The Morgan fingerprint density at radius 3 is 1.66 bits per heavy atom. The molecule has 2 aromatic heterocycles. The maximum Gasteiger partial charge on any atom is 0.326 e. The quantitative estimate of drug-likeness (QED) is 0.0285. The van der Waals surface area contributed by atoms with Gasteiger partial charge in [-0.2, -0.15) is 4.98 Å². The fourth-order valence-corrected chi connectivity index (χ4v) is 6.64. The number of benzene rings is 1. The SMILES string of the molecule is CC(=O)[C@H](CCC(=O)O)NC(=O)[C@H](NC(=O)[C@H](CCC(=O)O)NC(=O)[C@H](NC(=O)CC[C@H](NC(=O)c1ccc(NCc2cnc3nc(N)[nH]c(=O)c3n2)cc1)C(=O)O)[C@@H](O)[C@H](O)[C@H](O)CO)[C@@H](O)[C@H](O)[C@H](O)CO. The van der Waals surface area contributed by atoms with Gasteiger partial charge >= 0.3 is 17.9 Å². The van der Waals surface area contributed by atoms with Gasteiger partial charge in [-0.25, -0.2) is 14.8 Å². The number of rotatable bonds is 31. The van der Waals surface area contributed by atoms with E-state index in [4.69, 9.17) is 10.8 Å². The highest BCUT2D eigenvalue weighted by atomic mass is 16.4. The van der Waals surface area contributed by atoms with Crippen LogP contribution in [0.4, 0.5) is 11.6 Å². The highest BCUT2D eigenvalue weighted by molar-refractivity contribution is 5.98. The number of carboxylic acids is 3. The number of ketones is 1. The Labute approximate surface area is 416 Å². The minimum Gasteiger partial charge on any atom is -0.481 e. The molecule has 0 fully saturated rings. The number of hydrogen-bond donors (Lipinski definition) is 19. The van der Waals surface area contributed by atoms with Crippen molar-refractivity contribution in [3.63, 3.8) is 0 Å². The molecule has 0 aliphatic heterocycles. The van der Waals surface area contributed by atoms with Crippen LogP contribution in [0.3, 0.4) is 0 Å². The summed E-state index contributed by atoms with van der Waals surface area (Å²) in [4.78, 5) is 141. The van der Waals surface area contributed by atoms with E-state index in [2.05, 4.69) is 35.9 Å². The van der Waals surface area contributed by atoms with Gasteiger partial charge in [0, 0.05) is 30.5 Å². The Morgan fingerprint density at radius 1 is 0.635 bits per heavy atom. The summed E-state index contributed by atoms with van der Waals surface area (Å²) in [6, 6.07) is -4.91. The van der Waals surface area contributed by atoms with Crippen LogP contribution < -0.4 is 43.2 Å². The van der Waals surface area contributed by atoms with Crippen molar-refractivity contribution < 1.29 is 99.3 Å². The number of fused-ring (bicyclic) bond motifs is 1. The van der Waals surface area contributed by atoms with Gasteiger partial charge in [-0.15, -0.1) is 0 Å². The monoisotopic (exact) mass is 1050 g/mol. The third kappa shape index (κ3) is 18.0. The van der Waals surface area contributed by atoms with Crippen molar-refractivity contribution in [2.75, 3.05) is 24.3 Å². The van der Waals surface area contributed by atoms with Crippen molar-refractivity contribution in [3.8, 4) is 0 Å². The number of anilines is 2. The zero-order valence-electron chi connectivity index (χ0n) is 39.0. The number of aliphatic hydroxyl groups excluding tert-OH is 8. The zero-order valence-corrected chi connectivity index (χ0v) is 39.0. The number of aromatic nitrogens is 4. The maximum atomic E-state index is 13.8. The van der Waals surface area contributed by atoms with Crippen LogP contribution in [-0.4, -0.2) is 209 Å². The van der Waals surface area contributed by atoms with E-state index in [0.717, 1.165) is 6.92 Å². The predicted octanol–water partition coefficient (Wildman–Crippen LogP) is -7.72. The summed E-state index contributed by atoms with van der Waals surface area (Å²) in [5, 5.41) is 123. The number of nitrogens with one attached hydrogen (secondary N) is 7. The molecule has 2 heterocycles. The molecule has 32 heteroatoms. The number of carbonyl (C=O) groups is 9. The highest BCUT2D eigenvalue weighted by Gasteiger charge is 2.41. The second-order valence-electron chi connectivity index (χ2n) is 16.4. The molecule has 32 nitrogen and oxygen atoms in total. The molecule has 0 saturated carbocycles. The molecule has 0 spiro atoms. The van der Waals surface area contributed by atoms with E-state index in [-0.39, 0.29) is 29.2 Å². The number of aliphatic hydroxyl groups is 8. The van der Waals surface area contributed by atoms with Crippen molar-refractivity contribution >= 4 is 76.0 Å². The smallest absolute Gasteiger partial charge is 0.326 e. The van der Waals surface area contributed by atoms with Gasteiger partial charge in [0.05, 0.1) is 37.7 Å². The van der Waals surface area contributed by atoms with Crippen molar-refractivity contribution in [2.45, 2.75) is 119 Å². The number of nitrogens with two attached hydrogens (primary N) is 1. The van der Waals surface area contributed by atoms with E-state index >= 15 is 0 Å². The van der Waals surface area contributed by atoms with Gasteiger partial charge in [-0.1, -0.05) is 0 Å². The van der Waals surface area contributed by atoms with Gasteiger partial charge in [0.15, 0.2) is 16.9 Å². The number of carboxylic acid groups (broad SMARTS) is 3. The minimum absolute atomic E-state index is 0.0240. The van der Waals surface area contributed by atoms with Gasteiger partial charge < -0.3 is 93.8 Å². The first-order valence-electron chi connectivity index (χ1n) is 22.1. The van der Waals surface area contributed by atoms with Gasteiger partial charge in [0.2, 0.25) is 29.6 Å². The first kappa shape index (κ1) is 60.5. The van der Waals surface area contributed by atoms with Crippen LogP contribution in [0.1, 0.15) is 61.5 Å². The topological polar surface area (TPSA) is 546 Å². The molecule has 0 saturated heterocycles. The second kappa shape index (κ2) is 28.4. The fourth-order valence-electron chi connectivity index (χ4n) is 6.64. The van der Waals surface area contributed by atoms with Gasteiger partial charge in [0.1, 0.15) is 60.8 Å². The van der Waals surface area contributed by atoms with E-state index in [0.29, 0.717) is 11.4 Å². The number of aliphatic carboxylic acids is 3. The molecule has 0 bridgehead atoms. The van der Waals surface area contributed by atoms with E-state index in [1.807, 2.05) is 16.0 Å².